The lowest BCUT2D eigenvalue weighted by atomic mass is 9.95. The zero-order valence-corrected chi connectivity index (χ0v) is 36.8. The summed E-state index contributed by atoms with van der Waals surface area (Å²) in [6, 6.07) is 67.3. The molecule has 0 amide bonds. The molecule has 70 heavy (non-hydrogen) atoms. The summed E-state index contributed by atoms with van der Waals surface area (Å²) >= 11 is 0. The molecule has 0 spiro atoms. The predicted molar refractivity (Wildman–Crippen MR) is 268 cm³/mol. The Balaban J connectivity index is 1.10. The molecule has 4 nitrogen and oxygen atoms in total. The molecule has 0 fully saturated rings. The van der Waals surface area contributed by atoms with Crippen molar-refractivity contribution in [2.75, 3.05) is 0 Å². The Morgan fingerprint density at radius 2 is 0.843 bits per heavy atom. The van der Waals surface area contributed by atoms with Gasteiger partial charge in [-0.3, -0.25) is 0 Å². The third-order valence-electron chi connectivity index (χ3n) is 13.0. The third-order valence-corrected chi connectivity index (χ3v) is 13.0. The lowest BCUT2D eigenvalue weighted by Crippen LogP contribution is -2.12. The van der Waals surface area contributed by atoms with Crippen molar-refractivity contribution in [2.24, 2.45) is 0 Å². The van der Waals surface area contributed by atoms with E-state index in [9.17, 15) is 26.3 Å². The molecule has 3 heterocycles. The monoisotopic (exact) mass is 926 g/mol. The number of benzene rings is 9. The van der Waals surface area contributed by atoms with E-state index in [0.717, 1.165) is 89.4 Å². The number of halogens is 6. The Morgan fingerprint density at radius 3 is 1.44 bits per heavy atom. The minimum atomic E-state index is -5.05. The summed E-state index contributed by atoms with van der Waals surface area (Å²) in [5.41, 5.74) is 8.15. The number of nitrogens with zero attached hydrogens (tertiary/aromatic N) is 4. The average molecular weight is 927 g/mol. The van der Waals surface area contributed by atoms with Crippen LogP contribution in [0.1, 0.15) is 11.1 Å². The SMILES string of the molecule is FC(F)(F)c1ccc(-c2ccc3c(c2)c2ccccc2n3-c2ccc(-c3nc(-c4ccccc4)cc(-c4ccccc4)n3)cc2-c2cccc(-n3c4ccccc4c4ccccc43)c2)c(C(F)(F)F)c1. The fourth-order valence-electron chi connectivity index (χ4n) is 9.81. The smallest absolute Gasteiger partial charge is 0.309 e. The van der Waals surface area contributed by atoms with E-state index in [2.05, 4.69) is 57.7 Å². The number of alkyl halides is 6. The summed E-state index contributed by atoms with van der Waals surface area (Å²) in [4.78, 5) is 10.3. The molecule has 0 aliphatic heterocycles. The zero-order chi connectivity index (χ0) is 47.7. The number of rotatable bonds is 7. The molecule has 12 rings (SSSR count). The van der Waals surface area contributed by atoms with Crippen molar-refractivity contribution < 1.29 is 26.3 Å². The molecular formula is C60H36F6N4. The van der Waals surface area contributed by atoms with Crippen molar-refractivity contribution in [3.8, 4) is 67.5 Å². The van der Waals surface area contributed by atoms with Gasteiger partial charge in [-0.25, -0.2) is 9.97 Å². The maximum Gasteiger partial charge on any atom is 0.417 e. The van der Waals surface area contributed by atoms with Crippen LogP contribution in [0.3, 0.4) is 0 Å². The van der Waals surface area contributed by atoms with Crippen LogP contribution in [0, 0.1) is 0 Å². The van der Waals surface area contributed by atoms with Crippen LogP contribution in [-0.4, -0.2) is 19.1 Å². The van der Waals surface area contributed by atoms with E-state index in [0.29, 0.717) is 22.8 Å². The van der Waals surface area contributed by atoms with E-state index < -0.39 is 23.5 Å². The van der Waals surface area contributed by atoms with Gasteiger partial charge in [0.05, 0.1) is 50.3 Å². The highest BCUT2D eigenvalue weighted by atomic mass is 19.4. The largest absolute Gasteiger partial charge is 0.417 e. The Hall–Kier alpha value is -8.76. The molecular weight excluding hydrogens is 891 g/mol. The highest BCUT2D eigenvalue weighted by Gasteiger charge is 2.38. The molecule has 9 aromatic carbocycles. The van der Waals surface area contributed by atoms with Crippen molar-refractivity contribution >= 4 is 43.6 Å². The topological polar surface area (TPSA) is 35.6 Å². The molecule has 0 radical (unpaired) electrons. The van der Waals surface area contributed by atoms with Crippen molar-refractivity contribution in [1.82, 2.24) is 19.1 Å². The van der Waals surface area contributed by atoms with Crippen LogP contribution in [0.2, 0.25) is 0 Å². The van der Waals surface area contributed by atoms with E-state index in [-0.39, 0.29) is 17.2 Å². The second kappa shape index (κ2) is 16.5. The van der Waals surface area contributed by atoms with Crippen molar-refractivity contribution in [1.29, 1.82) is 0 Å². The normalized spacial score (nSPS) is 12.1. The van der Waals surface area contributed by atoms with Crippen LogP contribution in [0.15, 0.2) is 218 Å². The van der Waals surface area contributed by atoms with Crippen LogP contribution >= 0.6 is 0 Å². The van der Waals surface area contributed by atoms with Crippen molar-refractivity contribution in [3.63, 3.8) is 0 Å². The molecule has 12 aromatic rings. The highest BCUT2D eigenvalue weighted by Crippen LogP contribution is 2.44. The van der Waals surface area contributed by atoms with Gasteiger partial charge in [-0.15, -0.1) is 0 Å². The maximum atomic E-state index is 14.6. The molecule has 0 aliphatic rings. The zero-order valence-electron chi connectivity index (χ0n) is 36.8. The minimum Gasteiger partial charge on any atom is -0.309 e. The standard InChI is InChI=1S/C60H36F6N4/c61-59(62,63)42-28-29-44(50(35-42)60(64,65)66)40-26-30-57-49(33-40)47-22-9-12-25-55(47)70(57)56-31-27-41(58-67-51(37-14-3-1-4-15-37)36-52(68-58)38-16-5-2-6-17-38)34-48(56)39-18-13-19-43(32-39)69-53-23-10-7-20-45(53)46-21-8-11-24-54(46)69/h1-36H. The second-order valence-corrected chi connectivity index (χ2v) is 17.2. The van der Waals surface area contributed by atoms with Gasteiger partial charge in [0.15, 0.2) is 5.82 Å². The van der Waals surface area contributed by atoms with Gasteiger partial charge in [-0.05, 0) is 95.6 Å². The van der Waals surface area contributed by atoms with E-state index in [1.54, 1.807) is 18.2 Å². The number of fused-ring (bicyclic) bond motifs is 6. The first-order valence-electron chi connectivity index (χ1n) is 22.5. The van der Waals surface area contributed by atoms with Gasteiger partial charge in [-0.2, -0.15) is 26.3 Å². The van der Waals surface area contributed by atoms with Gasteiger partial charge < -0.3 is 9.13 Å². The van der Waals surface area contributed by atoms with Crippen molar-refractivity contribution in [3.05, 3.63) is 230 Å². The van der Waals surface area contributed by atoms with Gasteiger partial charge in [-0.1, -0.05) is 140 Å². The van der Waals surface area contributed by atoms with E-state index in [4.69, 9.17) is 9.97 Å². The lowest BCUT2D eigenvalue weighted by Gasteiger charge is -2.18. The first kappa shape index (κ1) is 42.6. The van der Waals surface area contributed by atoms with E-state index in [1.807, 2.05) is 133 Å². The Kier molecular flexibility index (Phi) is 10.0. The molecule has 0 saturated heterocycles. The van der Waals surface area contributed by atoms with Crippen LogP contribution in [0.25, 0.3) is 111 Å². The molecule has 0 unspecified atom stereocenters. The minimum absolute atomic E-state index is 0.135. The molecule has 0 aliphatic carbocycles. The molecule has 0 bridgehead atoms. The molecule has 0 N–H and O–H groups in total. The fourth-order valence-corrected chi connectivity index (χ4v) is 9.81. The van der Waals surface area contributed by atoms with Gasteiger partial charge >= 0.3 is 12.4 Å². The molecule has 3 aromatic heterocycles. The van der Waals surface area contributed by atoms with Crippen LogP contribution in [0.4, 0.5) is 26.3 Å². The number of hydrogen-bond donors (Lipinski definition) is 0. The Bertz CT molecular complexity index is 3870. The molecule has 0 saturated carbocycles. The number of hydrogen-bond acceptors (Lipinski definition) is 2. The highest BCUT2D eigenvalue weighted by molar-refractivity contribution is 6.12. The first-order chi connectivity index (χ1) is 34.0. The summed E-state index contributed by atoms with van der Waals surface area (Å²) in [5.74, 6) is 0.510. The van der Waals surface area contributed by atoms with E-state index in [1.165, 1.54) is 0 Å². The third kappa shape index (κ3) is 7.36. The Morgan fingerprint density at radius 1 is 0.329 bits per heavy atom. The number of aromatic nitrogens is 4. The number of para-hydroxylation sites is 3. The lowest BCUT2D eigenvalue weighted by molar-refractivity contribution is -0.142. The van der Waals surface area contributed by atoms with Crippen LogP contribution in [0.5, 0.6) is 0 Å². The molecule has 0 atom stereocenters. The van der Waals surface area contributed by atoms with Gasteiger partial charge in [0.1, 0.15) is 0 Å². The van der Waals surface area contributed by atoms with Crippen LogP contribution < -0.4 is 0 Å². The van der Waals surface area contributed by atoms with Crippen molar-refractivity contribution in [2.45, 2.75) is 12.4 Å². The average Bonchev–Trinajstić information content (AvgIpc) is 3.91. The molecule has 338 valence electrons. The van der Waals surface area contributed by atoms with Gasteiger partial charge in [0, 0.05) is 49.5 Å². The summed E-state index contributed by atoms with van der Waals surface area (Å²) < 4.78 is 89.2. The first-order valence-corrected chi connectivity index (χ1v) is 22.5. The summed E-state index contributed by atoms with van der Waals surface area (Å²) in [6.07, 6.45) is -10.00. The molecule has 10 heteroatoms. The quantitative estimate of drug-likeness (QED) is 0.149. The summed E-state index contributed by atoms with van der Waals surface area (Å²) in [5, 5.41) is 3.63. The summed E-state index contributed by atoms with van der Waals surface area (Å²) in [7, 11) is 0. The second-order valence-electron chi connectivity index (χ2n) is 17.2. The van der Waals surface area contributed by atoms with Gasteiger partial charge in [0.25, 0.3) is 0 Å². The van der Waals surface area contributed by atoms with E-state index >= 15 is 0 Å². The fraction of sp³-hybridized carbons (Fsp3) is 0.0333. The Labute approximate surface area is 397 Å². The summed E-state index contributed by atoms with van der Waals surface area (Å²) in [6.45, 7) is 0. The van der Waals surface area contributed by atoms with Gasteiger partial charge in [0.2, 0.25) is 0 Å². The van der Waals surface area contributed by atoms with Crippen LogP contribution in [-0.2, 0) is 12.4 Å². The maximum absolute atomic E-state index is 14.6. The predicted octanol–water partition coefficient (Wildman–Crippen LogP) is 17.0.